The molecule has 0 saturated carbocycles. The third-order valence-electron chi connectivity index (χ3n) is 4.68. The molecule has 7 nitrogen and oxygen atoms in total. The summed E-state index contributed by atoms with van der Waals surface area (Å²) in [4.78, 5) is 18.9. The number of carbonyl (C=O) groups excluding carboxylic acids is 1. The zero-order chi connectivity index (χ0) is 17.8. The van der Waals surface area contributed by atoms with Gasteiger partial charge in [0, 0.05) is 38.0 Å². The van der Waals surface area contributed by atoms with Crippen LogP contribution < -0.4 is 0 Å². The Hall–Kier alpha value is -2.18. The minimum Gasteiger partial charge on any atom is -0.341 e. The molecule has 3 heterocycles. The number of aryl methyl sites for hydroxylation is 4. The standard InChI is InChI=1S/C18H27N5O2/c1-4-6-16-19-17(25-21-16)8-9-18(24)22-10-5-7-15(12-22)23-14(3)11-13(2)20-23/h11,15H,4-10,12H2,1-3H3/t15-/m0/s1. The third kappa shape index (κ3) is 4.27. The van der Waals surface area contributed by atoms with E-state index in [2.05, 4.69) is 39.8 Å². The molecule has 1 amide bonds. The largest absolute Gasteiger partial charge is 0.341 e. The fourth-order valence-electron chi connectivity index (χ4n) is 3.49. The highest BCUT2D eigenvalue weighted by atomic mass is 16.5. The van der Waals surface area contributed by atoms with Gasteiger partial charge in [0.25, 0.3) is 0 Å². The Bertz CT molecular complexity index is 721. The van der Waals surface area contributed by atoms with Gasteiger partial charge in [-0.1, -0.05) is 12.1 Å². The highest BCUT2D eigenvalue weighted by molar-refractivity contribution is 5.76. The number of amides is 1. The molecule has 25 heavy (non-hydrogen) atoms. The molecule has 136 valence electrons. The molecule has 1 fully saturated rings. The fraction of sp³-hybridized carbons (Fsp3) is 0.667. The number of carbonyl (C=O) groups is 1. The van der Waals surface area contributed by atoms with Gasteiger partial charge in [-0.25, -0.2) is 0 Å². The summed E-state index contributed by atoms with van der Waals surface area (Å²) in [6.07, 6.45) is 4.80. The molecule has 2 aromatic rings. The van der Waals surface area contributed by atoms with Gasteiger partial charge in [-0.2, -0.15) is 10.1 Å². The van der Waals surface area contributed by atoms with Gasteiger partial charge in [0.1, 0.15) is 0 Å². The van der Waals surface area contributed by atoms with Crippen LogP contribution in [0.15, 0.2) is 10.6 Å². The van der Waals surface area contributed by atoms with Gasteiger partial charge < -0.3 is 9.42 Å². The maximum atomic E-state index is 12.6. The van der Waals surface area contributed by atoms with Gasteiger partial charge in [0.05, 0.1) is 11.7 Å². The Morgan fingerprint density at radius 3 is 2.92 bits per heavy atom. The lowest BCUT2D eigenvalue weighted by Gasteiger charge is -2.33. The number of rotatable bonds is 6. The number of likely N-dealkylation sites (tertiary alicyclic amines) is 1. The molecular weight excluding hydrogens is 318 g/mol. The van der Waals surface area contributed by atoms with E-state index in [4.69, 9.17) is 4.52 Å². The van der Waals surface area contributed by atoms with Crippen LogP contribution in [-0.4, -0.2) is 43.8 Å². The first-order valence-electron chi connectivity index (χ1n) is 9.18. The van der Waals surface area contributed by atoms with Gasteiger partial charge in [-0.05, 0) is 39.2 Å². The molecular formula is C18H27N5O2. The quantitative estimate of drug-likeness (QED) is 0.804. The summed E-state index contributed by atoms with van der Waals surface area (Å²) in [7, 11) is 0. The van der Waals surface area contributed by atoms with Gasteiger partial charge in [-0.3, -0.25) is 9.48 Å². The monoisotopic (exact) mass is 345 g/mol. The highest BCUT2D eigenvalue weighted by Crippen LogP contribution is 2.23. The van der Waals surface area contributed by atoms with E-state index in [9.17, 15) is 4.79 Å². The van der Waals surface area contributed by atoms with Crippen molar-refractivity contribution in [3.05, 3.63) is 29.2 Å². The smallest absolute Gasteiger partial charge is 0.227 e. The summed E-state index contributed by atoms with van der Waals surface area (Å²) >= 11 is 0. The summed E-state index contributed by atoms with van der Waals surface area (Å²) < 4.78 is 7.29. The van der Waals surface area contributed by atoms with Gasteiger partial charge >= 0.3 is 0 Å². The second kappa shape index (κ2) is 7.80. The van der Waals surface area contributed by atoms with Crippen LogP contribution >= 0.6 is 0 Å². The van der Waals surface area contributed by atoms with Crippen molar-refractivity contribution in [1.82, 2.24) is 24.8 Å². The molecule has 1 aliphatic rings. The van der Waals surface area contributed by atoms with E-state index in [-0.39, 0.29) is 11.9 Å². The van der Waals surface area contributed by atoms with Crippen molar-refractivity contribution in [3.8, 4) is 0 Å². The molecule has 0 unspecified atom stereocenters. The summed E-state index contributed by atoms with van der Waals surface area (Å²) in [6.45, 7) is 7.71. The van der Waals surface area contributed by atoms with Crippen LogP contribution in [-0.2, 0) is 17.6 Å². The molecule has 2 aromatic heterocycles. The van der Waals surface area contributed by atoms with E-state index in [0.717, 1.165) is 56.0 Å². The molecule has 0 bridgehead atoms. The zero-order valence-electron chi connectivity index (χ0n) is 15.4. The van der Waals surface area contributed by atoms with Crippen molar-refractivity contribution in [2.75, 3.05) is 13.1 Å². The zero-order valence-corrected chi connectivity index (χ0v) is 15.4. The van der Waals surface area contributed by atoms with Gasteiger partial charge in [0.15, 0.2) is 5.82 Å². The predicted molar refractivity (Wildman–Crippen MR) is 93.2 cm³/mol. The Morgan fingerprint density at radius 1 is 1.36 bits per heavy atom. The van der Waals surface area contributed by atoms with E-state index in [1.807, 2.05) is 11.8 Å². The Labute approximate surface area is 148 Å². The van der Waals surface area contributed by atoms with Crippen LogP contribution in [0.25, 0.3) is 0 Å². The molecule has 0 aromatic carbocycles. The second-order valence-electron chi connectivity index (χ2n) is 6.86. The van der Waals surface area contributed by atoms with Crippen LogP contribution in [0, 0.1) is 13.8 Å². The first kappa shape index (κ1) is 17.6. The molecule has 7 heteroatoms. The molecule has 3 rings (SSSR count). The van der Waals surface area contributed by atoms with E-state index < -0.39 is 0 Å². The highest BCUT2D eigenvalue weighted by Gasteiger charge is 2.26. The van der Waals surface area contributed by atoms with E-state index in [1.165, 1.54) is 0 Å². The Kier molecular flexibility index (Phi) is 5.50. The summed E-state index contributed by atoms with van der Waals surface area (Å²) in [5.74, 6) is 1.44. The molecule has 0 radical (unpaired) electrons. The maximum absolute atomic E-state index is 12.6. The Morgan fingerprint density at radius 2 is 2.20 bits per heavy atom. The SMILES string of the molecule is CCCc1noc(CCC(=O)N2CCC[C@H](n3nc(C)cc3C)C2)n1. The average molecular weight is 345 g/mol. The van der Waals surface area contributed by atoms with Crippen molar-refractivity contribution in [1.29, 1.82) is 0 Å². The van der Waals surface area contributed by atoms with Crippen LogP contribution in [0.2, 0.25) is 0 Å². The van der Waals surface area contributed by atoms with Crippen molar-refractivity contribution in [3.63, 3.8) is 0 Å². The summed E-state index contributed by atoms with van der Waals surface area (Å²) in [6, 6.07) is 2.36. The molecule has 1 aliphatic heterocycles. The lowest BCUT2D eigenvalue weighted by atomic mass is 10.0. The number of aromatic nitrogens is 4. The third-order valence-corrected chi connectivity index (χ3v) is 4.68. The second-order valence-corrected chi connectivity index (χ2v) is 6.86. The van der Waals surface area contributed by atoms with Crippen LogP contribution in [0.4, 0.5) is 0 Å². The fourth-order valence-corrected chi connectivity index (χ4v) is 3.49. The van der Waals surface area contributed by atoms with E-state index in [0.29, 0.717) is 18.7 Å². The van der Waals surface area contributed by atoms with E-state index >= 15 is 0 Å². The molecule has 1 saturated heterocycles. The first-order valence-corrected chi connectivity index (χ1v) is 9.18. The molecule has 1 atom stereocenters. The normalized spacial score (nSPS) is 17.9. The summed E-state index contributed by atoms with van der Waals surface area (Å²) in [5.41, 5.74) is 2.19. The van der Waals surface area contributed by atoms with Crippen molar-refractivity contribution in [2.45, 2.75) is 65.3 Å². The lowest BCUT2D eigenvalue weighted by molar-refractivity contribution is -0.133. The Balaban J connectivity index is 1.55. The van der Waals surface area contributed by atoms with Crippen molar-refractivity contribution < 1.29 is 9.32 Å². The molecule has 0 N–H and O–H groups in total. The predicted octanol–water partition coefficient (Wildman–Crippen LogP) is 2.63. The number of hydrogen-bond acceptors (Lipinski definition) is 5. The average Bonchev–Trinajstić information content (AvgIpc) is 3.19. The van der Waals surface area contributed by atoms with Crippen LogP contribution in [0.3, 0.4) is 0 Å². The number of nitrogens with zero attached hydrogens (tertiary/aromatic N) is 5. The van der Waals surface area contributed by atoms with Crippen molar-refractivity contribution in [2.24, 2.45) is 0 Å². The first-order chi connectivity index (χ1) is 12.1. The van der Waals surface area contributed by atoms with Crippen LogP contribution in [0.1, 0.15) is 61.8 Å². The van der Waals surface area contributed by atoms with Gasteiger partial charge in [-0.15, -0.1) is 0 Å². The number of piperidine rings is 1. The van der Waals surface area contributed by atoms with E-state index in [1.54, 1.807) is 0 Å². The minimum absolute atomic E-state index is 0.154. The van der Waals surface area contributed by atoms with Crippen molar-refractivity contribution >= 4 is 5.91 Å². The minimum atomic E-state index is 0.154. The molecule has 0 aliphatic carbocycles. The van der Waals surface area contributed by atoms with Gasteiger partial charge in [0.2, 0.25) is 11.8 Å². The lowest BCUT2D eigenvalue weighted by Crippen LogP contribution is -2.41. The topological polar surface area (TPSA) is 77.0 Å². The molecule has 0 spiro atoms. The van der Waals surface area contributed by atoms with Crippen LogP contribution in [0.5, 0.6) is 0 Å². The number of hydrogen-bond donors (Lipinski definition) is 0. The summed E-state index contributed by atoms with van der Waals surface area (Å²) in [5, 5.41) is 8.52. The maximum Gasteiger partial charge on any atom is 0.227 e.